The molecule has 1 saturated carbocycles. The van der Waals surface area contributed by atoms with Gasteiger partial charge in [0.2, 0.25) is 0 Å². The summed E-state index contributed by atoms with van der Waals surface area (Å²) in [5.41, 5.74) is -1.17. The van der Waals surface area contributed by atoms with Crippen molar-refractivity contribution in [3.63, 3.8) is 0 Å². The lowest BCUT2D eigenvalue weighted by molar-refractivity contribution is -0.115. The molecule has 1 rings (SSSR count). The Morgan fingerprint density at radius 2 is 1.95 bits per heavy atom. The number of aliphatic hydroxyl groups excluding tert-OH is 1. The Labute approximate surface area is 135 Å². The van der Waals surface area contributed by atoms with Crippen molar-refractivity contribution in [2.75, 3.05) is 0 Å². The maximum absolute atomic E-state index is 13.7. The van der Waals surface area contributed by atoms with Crippen LogP contribution in [0.4, 0.5) is 4.39 Å². The van der Waals surface area contributed by atoms with Crippen LogP contribution in [0.3, 0.4) is 0 Å². The molecule has 22 heavy (non-hydrogen) atoms. The molecule has 0 bridgehead atoms. The standard InChI is InChI=1S/C19H33FO2/c1-4-15(14-19(2,3)20)10-11-17(21)13-18(22)12-16-8-6-5-7-9-16/h13,15-16,21H,4-12,14H2,1-3H3/b17-13-. The summed E-state index contributed by atoms with van der Waals surface area (Å²) < 4.78 is 13.7. The van der Waals surface area contributed by atoms with E-state index in [4.69, 9.17) is 0 Å². The van der Waals surface area contributed by atoms with Gasteiger partial charge in [-0.05, 0) is 38.5 Å². The van der Waals surface area contributed by atoms with Crippen molar-refractivity contribution >= 4 is 5.78 Å². The number of allylic oxidation sites excluding steroid dienone is 2. The second kappa shape index (κ2) is 9.32. The van der Waals surface area contributed by atoms with Crippen LogP contribution in [-0.4, -0.2) is 16.6 Å². The van der Waals surface area contributed by atoms with Gasteiger partial charge in [0.05, 0.1) is 5.76 Å². The summed E-state index contributed by atoms with van der Waals surface area (Å²) in [5.74, 6) is 0.962. The number of alkyl halides is 1. The Balaban J connectivity index is 2.35. The third-order valence-electron chi connectivity index (χ3n) is 4.70. The number of aliphatic hydroxyl groups is 1. The fourth-order valence-corrected chi connectivity index (χ4v) is 3.48. The zero-order valence-corrected chi connectivity index (χ0v) is 14.5. The molecule has 0 aromatic carbocycles. The van der Waals surface area contributed by atoms with E-state index in [0.29, 0.717) is 25.2 Å². The van der Waals surface area contributed by atoms with Crippen LogP contribution < -0.4 is 0 Å². The zero-order valence-electron chi connectivity index (χ0n) is 14.5. The molecule has 128 valence electrons. The summed E-state index contributed by atoms with van der Waals surface area (Å²) in [4.78, 5) is 12.0. The first kappa shape index (κ1) is 19.2. The highest BCUT2D eigenvalue weighted by Gasteiger charge is 2.21. The number of hydrogen-bond donors (Lipinski definition) is 1. The van der Waals surface area contributed by atoms with E-state index < -0.39 is 5.67 Å². The lowest BCUT2D eigenvalue weighted by atomic mass is 9.85. The van der Waals surface area contributed by atoms with Crippen LogP contribution in [0, 0.1) is 11.8 Å². The van der Waals surface area contributed by atoms with E-state index in [0.717, 1.165) is 25.7 Å². The number of carbonyl (C=O) groups excluding carboxylic acids is 1. The molecule has 0 saturated heterocycles. The van der Waals surface area contributed by atoms with Gasteiger partial charge in [0.1, 0.15) is 5.67 Å². The van der Waals surface area contributed by atoms with Crippen molar-refractivity contribution in [2.45, 2.75) is 90.6 Å². The maximum atomic E-state index is 13.7. The first-order valence-corrected chi connectivity index (χ1v) is 8.91. The van der Waals surface area contributed by atoms with E-state index in [9.17, 15) is 14.3 Å². The molecule has 1 N–H and O–H groups in total. The number of carbonyl (C=O) groups is 1. The Kier molecular flexibility index (Phi) is 8.13. The predicted molar refractivity (Wildman–Crippen MR) is 89.7 cm³/mol. The van der Waals surface area contributed by atoms with Crippen molar-refractivity contribution in [3.8, 4) is 0 Å². The number of rotatable bonds is 9. The second-order valence-corrected chi connectivity index (χ2v) is 7.55. The lowest BCUT2D eigenvalue weighted by Gasteiger charge is -2.22. The average Bonchev–Trinajstić information content (AvgIpc) is 2.43. The smallest absolute Gasteiger partial charge is 0.159 e. The third-order valence-corrected chi connectivity index (χ3v) is 4.70. The largest absolute Gasteiger partial charge is 0.512 e. The second-order valence-electron chi connectivity index (χ2n) is 7.55. The quantitative estimate of drug-likeness (QED) is 0.424. The molecule has 1 aliphatic carbocycles. The van der Waals surface area contributed by atoms with Crippen LogP contribution in [0.1, 0.15) is 85.0 Å². The molecule has 0 spiro atoms. The van der Waals surface area contributed by atoms with Crippen molar-refractivity contribution in [1.29, 1.82) is 0 Å². The summed E-state index contributed by atoms with van der Waals surface area (Å²) in [5, 5.41) is 9.94. The highest BCUT2D eigenvalue weighted by Crippen LogP contribution is 2.28. The molecular weight excluding hydrogens is 279 g/mol. The molecule has 0 heterocycles. The Morgan fingerprint density at radius 3 is 2.50 bits per heavy atom. The molecule has 1 atom stereocenters. The molecule has 1 fully saturated rings. The van der Waals surface area contributed by atoms with E-state index in [-0.39, 0.29) is 17.5 Å². The fourth-order valence-electron chi connectivity index (χ4n) is 3.48. The molecule has 0 aliphatic heterocycles. The Hall–Kier alpha value is -0.860. The molecule has 2 nitrogen and oxygen atoms in total. The number of hydrogen-bond acceptors (Lipinski definition) is 2. The first-order chi connectivity index (χ1) is 10.3. The minimum Gasteiger partial charge on any atom is -0.512 e. The van der Waals surface area contributed by atoms with Crippen LogP contribution in [0.25, 0.3) is 0 Å². The number of halogens is 1. The van der Waals surface area contributed by atoms with Gasteiger partial charge < -0.3 is 5.11 Å². The van der Waals surface area contributed by atoms with Gasteiger partial charge in [-0.15, -0.1) is 0 Å². The molecule has 0 aromatic rings. The Bertz CT molecular complexity index is 362. The maximum Gasteiger partial charge on any atom is 0.159 e. The van der Waals surface area contributed by atoms with Crippen molar-refractivity contribution < 1.29 is 14.3 Å². The third kappa shape index (κ3) is 8.55. The van der Waals surface area contributed by atoms with E-state index in [1.54, 1.807) is 13.8 Å². The molecule has 1 unspecified atom stereocenters. The van der Waals surface area contributed by atoms with Gasteiger partial charge in [-0.2, -0.15) is 0 Å². The van der Waals surface area contributed by atoms with E-state index in [1.807, 2.05) is 6.92 Å². The number of ketones is 1. The van der Waals surface area contributed by atoms with Gasteiger partial charge in [-0.25, -0.2) is 4.39 Å². The highest BCUT2D eigenvalue weighted by molar-refractivity contribution is 5.90. The van der Waals surface area contributed by atoms with Gasteiger partial charge in [0.25, 0.3) is 0 Å². The predicted octanol–water partition coefficient (Wildman–Crippen LogP) is 5.91. The molecular formula is C19H33FO2. The van der Waals surface area contributed by atoms with Crippen molar-refractivity contribution in [3.05, 3.63) is 11.8 Å². The Morgan fingerprint density at radius 1 is 1.32 bits per heavy atom. The minimum atomic E-state index is -1.17. The molecule has 0 aromatic heterocycles. The topological polar surface area (TPSA) is 37.3 Å². The van der Waals surface area contributed by atoms with Crippen LogP contribution in [-0.2, 0) is 4.79 Å². The highest BCUT2D eigenvalue weighted by atomic mass is 19.1. The van der Waals surface area contributed by atoms with Crippen LogP contribution in [0.5, 0.6) is 0 Å². The summed E-state index contributed by atoms with van der Waals surface area (Å²) in [6.07, 6.45) is 10.6. The summed E-state index contributed by atoms with van der Waals surface area (Å²) in [6.45, 7) is 5.24. The summed E-state index contributed by atoms with van der Waals surface area (Å²) >= 11 is 0. The minimum absolute atomic E-state index is 0.0447. The van der Waals surface area contributed by atoms with E-state index >= 15 is 0 Å². The van der Waals surface area contributed by atoms with E-state index in [2.05, 4.69) is 0 Å². The lowest BCUT2D eigenvalue weighted by Crippen LogP contribution is -2.18. The van der Waals surface area contributed by atoms with Gasteiger partial charge in [0, 0.05) is 18.9 Å². The molecule has 1 aliphatic rings. The van der Waals surface area contributed by atoms with Crippen molar-refractivity contribution in [2.24, 2.45) is 11.8 Å². The van der Waals surface area contributed by atoms with E-state index in [1.165, 1.54) is 25.3 Å². The fraction of sp³-hybridized carbons (Fsp3) is 0.842. The van der Waals surface area contributed by atoms with Crippen LogP contribution in [0.15, 0.2) is 11.8 Å². The first-order valence-electron chi connectivity index (χ1n) is 8.91. The molecule has 0 radical (unpaired) electrons. The SMILES string of the molecule is CCC(CC/C(O)=C/C(=O)CC1CCCCC1)CC(C)(C)F. The van der Waals surface area contributed by atoms with Gasteiger partial charge in [-0.3, -0.25) is 4.79 Å². The molecule has 0 amide bonds. The zero-order chi connectivity index (χ0) is 16.6. The van der Waals surface area contributed by atoms with Crippen LogP contribution in [0.2, 0.25) is 0 Å². The summed E-state index contributed by atoms with van der Waals surface area (Å²) in [7, 11) is 0. The average molecular weight is 312 g/mol. The normalized spacial score (nSPS) is 19.2. The monoisotopic (exact) mass is 312 g/mol. The van der Waals surface area contributed by atoms with Gasteiger partial charge in [0.15, 0.2) is 5.78 Å². The summed E-state index contributed by atoms with van der Waals surface area (Å²) in [6, 6.07) is 0. The van der Waals surface area contributed by atoms with Gasteiger partial charge >= 0.3 is 0 Å². The van der Waals surface area contributed by atoms with Crippen molar-refractivity contribution in [1.82, 2.24) is 0 Å². The van der Waals surface area contributed by atoms with Gasteiger partial charge in [-0.1, -0.05) is 45.4 Å². The molecule has 3 heteroatoms. The van der Waals surface area contributed by atoms with Crippen LogP contribution >= 0.6 is 0 Å².